The summed E-state index contributed by atoms with van der Waals surface area (Å²) in [7, 11) is 0. The molecule has 1 saturated heterocycles. The van der Waals surface area contributed by atoms with E-state index in [4.69, 9.17) is 4.74 Å². The fourth-order valence-electron chi connectivity index (χ4n) is 2.66. The molecule has 1 fully saturated rings. The van der Waals surface area contributed by atoms with Crippen molar-refractivity contribution < 1.29 is 4.74 Å². The van der Waals surface area contributed by atoms with Crippen LogP contribution >= 0.6 is 0 Å². The SMILES string of the molecule is CCCCCCCCCOCCC1CCCCN1. The van der Waals surface area contributed by atoms with E-state index in [1.807, 2.05) is 0 Å². The summed E-state index contributed by atoms with van der Waals surface area (Å²) in [6, 6.07) is 0.729. The Hall–Kier alpha value is -0.0800. The van der Waals surface area contributed by atoms with Crippen LogP contribution < -0.4 is 5.32 Å². The molecule has 0 aromatic carbocycles. The molecule has 1 aliphatic rings. The molecule has 0 spiro atoms. The molecule has 1 atom stereocenters. The molecular formula is C16H33NO. The van der Waals surface area contributed by atoms with E-state index in [1.54, 1.807) is 0 Å². The summed E-state index contributed by atoms with van der Waals surface area (Å²) < 4.78 is 5.72. The van der Waals surface area contributed by atoms with Gasteiger partial charge in [0.05, 0.1) is 0 Å². The van der Waals surface area contributed by atoms with E-state index in [1.165, 1.54) is 77.2 Å². The first-order valence-electron chi connectivity index (χ1n) is 8.24. The quantitative estimate of drug-likeness (QED) is 0.556. The number of nitrogens with one attached hydrogen (secondary N) is 1. The average molecular weight is 255 g/mol. The van der Waals surface area contributed by atoms with Gasteiger partial charge >= 0.3 is 0 Å². The van der Waals surface area contributed by atoms with Crippen molar-refractivity contribution in [2.24, 2.45) is 0 Å². The average Bonchev–Trinajstić information content (AvgIpc) is 2.42. The van der Waals surface area contributed by atoms with Crippen LogP contribution in [0.5, 0.6) is 0 Å². The predicted molar refractivity (Wildman–Crippen MR) is 79.1 cm³/mol. The Morgan fingerprint density at radius 2 is 1.72 bits per heavy atom. The first-order chi connectivity index (χ1) is 8.93. The fraction of sp³-hybridized carbons (Fsp3) is 1.00. The second-order valence-electron chi connectivity index (χ2n) is 5.67. The van der Waals surface area contributed by atoms with Crippen molar-refractivity contribution in [2.45, 2.75) is 83.6 Å². The molecule has 18 heavy (non-hydrogen) atoms. The molecule has 0 aliphatic carbocycles. The lowest BCUT2D eigenvalue weighted by Crippen LogP contribution is -2.34. The van der Waals surface area contributed by atoms with Crippen LogP contribution in [0.3, 0.4) is 0 Å². The third kappa shape index (κ3) is 8.93. The van der Waals surface area contributed by atoms with Crippen molar-refractivity contribution in [1.29, 1.82) is 0 Å². The Labute approximate surface area is 114 Å². The van der Waals surface area contributed by atoms with Gasteiger partial charge in [0.25, 0.3) is 0 Å². The molecule has 0 aromatic heterocycles. The van der Waals surface area contributed by atoms with Gasteiger partial charge in [0, 0.05) is 19.3 Å². The van der Waals surface area contributed by atoms with Crippen LogP contribution in [0.15, 0.2) is 0 Å². The summed E-state index contributed by atoms with van der Waals surface area (Å²) in [5.74, 6) is 0. The van der Waals surface area contributed by atoms with Crippen LogP contribution in [0.4, 0.5) is 0 Å². The molecule has 0 bridgehead atoms. The van der Waals surface area contributed by atoms with Gasteiger partial charge in [-0.25, -0.2) is 0 Å². The highest BCUT2D eigenvalue weighted by Crippen LogP contribution is 2.10. The van der Waals surface area contributed by atoms with Crippen molar-refractivity contribution in [3.63, 3.8) is 0 Å². The van der Waals surface area contributed by atoms with Crippen molar-refractivity contribution in [3.05, 3.63) is 0 Å². The second kappa shape index (κ2) is 12.0. The van der Waals surface area contributed by atoms with Gasteiger partial charge in [-0.2, -0.15) is 0 Å². The van der Waals surface area contributed by atoms with Crippen LogP contribution in [0.1, 0.15) is 77.6 Å². The number of unbranched alkanes of at least 4 members (excludes halogenated alkanes) is 6. The molecule has 0 saturated carbocycles. The summed E-state index contributed by atoms with van der Waals surface area (Å²) in [6.07, 6.45) is 14.9. The van der Waals surface area contributed by atoms with Gasteiger partial charge in [-0.1, -0.05) is 51.9 Å². The molecule has 1 aliphatic heterocycles. The largest absolute Gasteiger partial charge is 0.381 e. The molecule has 1 N–H and O–H groups in total. The van der Waals surface area contributed by atoms with Crippen molar-refractivity contribution in [1.82, 2.24) is 5.32 Å². The van der Waals surface area contributed by atoms with Crippen molar-refractivity contribution >= 4 is 0 Å². The van der Waals surface area contributed by atoms with Gasteiger partial charge in [-0.15, -0.1) is 0 Å². The zero-order valence-electron chi connectivity index (χ0n) is 12.4. The highest BCUT2D eigenvalue weighted by Gasteiger charge is 2.11. The van der Waals surface area contributed by atoms with E-state index in [0.29, 0.717) is 0 Å². The molecule has 0 amide bonds. The summed E-state index contributed by atoms with van der Waals surface area (Å²) in [4.78, 5) is 0. The second-order valence-corrected chi connectivity index (χ2v) is 5.67. The normalized spacial score (nSPS) is 20.2. The smallest absolute Gasteiger partial charge is 0.0480 e. The van der Waals surface area contributed by atoms with Gasteiger partial charge in [-0.05, 0) is 32.2 Å². The minimum atomic E-state index is 0.729. The Kier molecular flexibility index (Phi) is 10.6. The molecule has 108 valence electrons. The zero-order chi connectivity index (χ0) is 12.9. The maximum absolute atomic E-state index is 5.72. The first-order valence-corrected chi connectivity index (χ1v) is 8.24. The summed E-state index contributed by atoms with van der Waals surface area (Å²) in [6.45, 7) is 5.41. The number of rotatable bonds is 11. The highest BCUT2D eigenvalue weighted by atomic mass is 16.5. The minimum Gasteiger partial charge on any atom is -0.381 e. The van der Waals surface area contributed by atoms with E-state index in [9.17, 15) is 0 Å². The predicted octanol–water partition coefficient (Wildman–Crippen LogP) is 4.29. The van der Waals surface area contributed by atoms with Crippen LogP contribution in [0, 0.1) is 0 Å². The summed E-state index contributed by atoms with van der Waals surface area (Å²) in [5, 5.41) is 3.57. The standard InChI is InChI=1S/C16H33NO/c1-2-3-4-5-6-7-10-14-18-15-12-16-11-8-9-13-17-16/h16-17H,2-15H2,1H3. The van der Waals surface area contributed by atoms with Gasteiger partial charge in [0.1, 0.15) is 0 Å². The van der Waals surface area contributed by atoms with Crippen molar-refractivity contribution in [2.75, 3.05) is 19.8 Å². The summed E-state index contributed by atoms with van der Waals surface area (Å²) >= 11 is 0. The Morgan fingerprint density at radius 1 is 0.944 bits per heavy atom. The number of hydrogen-bond acceptors (Lipinski definition) is 2. The maximum atomic E-state index is 5.72. The Bertz CT molecular complexity index is 166. The van der Waals surface area contributed by atoms with E-state index >= 15 is 0 Å². The third-order valence-electron chi connectivity index (χ3n) is 3.92. The van der Waals surface area contributed by atoms with Crippen molar-refractivity contribution in [3.8, 4) is 0 Å². The maximum Gasteiger partial charge on any atom is 0.0480 e. The van der Waals surface area contributed by atoms with Gasteiger partial charge in [0.15, 0.2) is 0 Å². The number of hydrogen-bond donors (Lipinski definition) is 1. The molecule has 2 nitrogen and oxygen atoms in total. The lowest BCUT2D eigenvalue weighted by Gasteiger charge is -2.23. The molecule has 0 aromatic rings. The van der Waals surface area contributed by atoms with E-state index in [0.717, 1.165) is 19.3 Å². The van der Waals surface area contributed by atoms with Crippen LogP contribution in [-0.4, -0.2) is 25.8 Å². The lowest BCUT2D eigenvalue weighted by atomic mass is 10.0. The van der Waals surface area contributed by atoms with Crippen LogP contribution in [0.25, 0.3) is 0 Å². The van der Waals surface area contributed by atoms with E-state index in [-0.39, 0.29) is 0 Å². The fourth-order valence-corrected chi connectivity index (χ4v) is 2.66. The molecule has 1 rings (SSSR count). The Balaban J connectivity index is 1.73. The van der Waals surface area contributed by atoms with Gasteiger partial charge < -0.3 is 10.1 Å². The third-order valence-corrected chi connectivity index (χ3v) is 3.92. The van der Waals surface area contributed by atoms with Crippen LogP contribution in [0.2, 0.25) is 0 Å². The topological polar surface area (TPSA) is 21.3 Å². The van der Waals surface area contributed by atoms with E-state index < -0.39 is 0 Å². The molecular weight excluding hydrogens is 222 g/mol. The summed E-state index contributed by atoms with van der Waals surface area (Å²) in [5.41, 5.74) is 0. The highest BCUT2D eigenvalue weighted by molar-refractivity contribution is 4.71. The monoisotopic (exact) mass is 255 g/mol. The molecule has 1 unspecified atom stereocenters. The van der Waals surface area contributed by atoms with E-state index in [2.05, 4.69) is 12.2 Å². The lowest BCUT2D eigenvalue weighted by molar-refractivity contribution is 0.117. The molecule has 2 heteroatoms. The first kappa shape index (κ1) is 16.0. The molecule has 1 heterocycles. The number of ether oxygens (including phenoxy) is 1. The van der Waals surface area contributed by atoms with Gasteiger partial charge in [-0.3, -0.25) is 0 Å². The van der Waals surface area contributed by atoms with Crippen LogP contribution in [-0.2, 0) is 4.74 Å². The number of piperidine rings is 1. The van der Waals surface area contributed by atoms with Gasteiger partial charge in [0.2, 0.25) is 0 Å². The zero-order valence-corrected chi connectivity index (χ0v) is 12.4. The minimum absolute atomic E-state index is 0.729. The molecule has 0 radical (unpaired) electrons. The Morgan fingerprint density at radius 3 is 2.44 bits per heavy atom.